The second kappa shape index (κ2) is 16.6. The van der Waals surface area contributed by atoms with E-state index in [0.29, 0.717) is 0 Å². The van der Waals surface area contributed by atoms with E-state index in [1.165, 1.54) is 49.1 Å². The normalized spacial score (nSPS) is 12.7. The topological polar surface area (TPSA) is 27.3 Å². The molecule has 5 heterocycles. The first-order valence-corrected chi connectivity index (χ1v) is 26.9. The summed E-state index contributed by atoms with van der Waals surface area (Å²) < 4.78 is 14.6. The summed E-state index contributed by atoms with van der Waals surface area (Å²) in [7, 11) is 0. The van der Waals surface area contributed by atoms with Gasteiger partial charge in [0.15, 0.2) is 0 Å². The third-order valence-electron chi connectivity index (χ3n) is 16.7. The fourth-order valence-corrected chi connectivity index (χ4v) is 13.4. The Morgan fingerprint density at radius 2 is 0.718 bits per heavy atom. The predicted octanol–water partition coefficient (Wildman–Crippen LogP) is 16.7. The van der Waals surface area contributed by atoms with Crippen LogP contribution >= 0.6 is 0 Å². The molecule has 5 nitrogen and oxygen atoms in total. The van der Waals surface area contributed by atoms with Gasteiger partial charge in [0.05, 0.1) is 44.5 Å². The average molecular weight is 993 g/mol. The van der Waals surface area contributed by atoms with E-state index in [1.54, 1.807) is 0 Å². The molecule has 0 radical (unpaired) electrons. The standard InChI is InChI=1S/C72H45BN4O/c1-3-20-46(21-4-1)51-28-19-29-52(47-22-5-2-6-23-47)72(51)77-67-36-17-11-30-59(67)73-60-31-12-18-37-69(60)78-70-45-50(44-68(77)71(70)73)76-65-40-38-48(74-61-32-13-7-24-53(61)54-25-8-14-33-62(54)74)42-57(65)58-43-49(39-41-66(58)76)75-63-34-15-9-26-55(63)56-27-10-16-35-64(56)75/h1-45H. The van der Waals surface area contributed by atoms with Crippen molar-refractivity contribution in [2.24, 2.45) is 0 Å². The molecule has 0 bridgehead atoms. The summed E-state index contributed by atoms with van der Waals surface area (Å²) in [4.78, 5) is 2.55. The first-order valence-electron chi connectivity index (χ1n) is 26.9. The smallest absolute Gasteiger partial charge is 0.256 e. The fourth-order valence-electron chi connectivity index (χ4n) is 13.4. The van der Waals surface area contributed by atoms with Gasteiger partial charge in [0.2, 0.25) is 0 Å². The molecule has 0 saturated heterocycles. The number of rotatable bonds is 6. The van der Waals surface area contributed by atoms with Crippen LogP contribution in [0.15, 0.2) is 273 Å². The van der Waals surface area contributed by atoms with Gasteiger partial charge in [0.25, 0.3) is 6.71 Å². The summed E-state index contributed by atoms with van der Waals surface area (Å²) in [6.07, 6.45) is 0. The van der Waals surface area contributed by atoms with E-state index in [2.05, 4.69) is 292 Å². The molecule has 0 atom stereocenters. The first kappa shape index (κ1) is 43.0. The SMILES string of the molecule is c1ccc(-c2cccc(-c3ccccc3)c2N2c3ccccc3B3c4ccccc4Oc4cc(-n5c6ccc(-n7c8ccccc8c8ccccc87)cc6c6cc(-n7c8ccccc8c8ccccc87)ccc65)cc2c43)cc1. The van der Waals surface area contributed by atoms with Gasteiger partial charge in [0, 0.05) is 72.3 Å². The highest BCUT2D eigenvalue weighted by atomic mass is 16.5. The van der Waals surface area contributed by atoms with Gasteiger partial charge < -0.3 is 23.3 Å². The minimum Gasteiger partial charge on any atom is -0.458 e. The van der Waals surface area contributed by atoms with Crippen molar-refractivity contribution in [3.05, 3.63) is 273 Å². The average Bonchev–Trinajstić information content (AvgIpc) is 4.23. The third-order valence-corrected chi connectivity index (χ3v) is 16.7. The number of hydrogen-bond acceptors (Lipinski definition) is 2. The Bertz CT molecular complexity index is 4640. The highest BCUT2D eigenvalue weighted by Gasteiger charge is 2.43. The zero-order valence-electron chi connectivity index (χ0n) is 42.3. The lowest BCUT2D eigenvalue weighted by Crippen LogP contribution is -2.59. The zero-order chi connectivity index (χ0) is 51.0. The molecule has 12 aromatic carbocycles. The Kier molecular flexibility index (Phi) is 9.15. The Hall–Kier alpha value is -10.3. The maximum Gasteiger partial charge on any atom is 0.256 e. The lowest BCUT2D eigenvalue weighted by Gasteiger charge is -2.41. The predicted molar refractivity (Wildman–Crippen MR) is 326 cm³/mol. The second-order valence-corrected chi connectivity index (χ2v) is 20.8. The monoisotopic (exact) mass is 992 g/mol. The maximum atomic E-state index is 7.27. The summed E-state index contributed by atoms with van der Waals surface area (Å²) in [5.74, 6) is 1.73. The third kappa shape index (κ3) is 6.14. The van der Waals surface area contributed by atoms with E-state index in [0.717, 1.165) is 101 Å². The first-order chi connectivity index (χ1) is 38.7. The lowest BCUT2D eigenvalue weighted by molar-refractivity contribution is 0.487. The van der Waals surface area contributed by atoms with Crippen LogP contribution in [0.5, 0.6) is 11.5 Å². The molecule has 3 aromatic heterocycles. The van der Waals surface area contributed by atoms with Gasteiger partial charge in [-0.25, -0.2) is 0 Å². The summed E-state index contributed by atoms with van der Waals surface area (Å²) in [5, 5.41) is 7.27. The molecule has 78 heavy (non-hydrogen) atoms. The minimum atomic E-state index is -0.0637. The van der Waals surface area contributed by atoms with Crippen LogP contribution in [-0.4, -0.2) is 20.4 Å². The van der Waals surface area contributed by atoms with Crippen LogP contribution in [0, 0.1) is 0 Å². The molecular weight excluding hydrogens is 948 g/mol. The number of para-hydroxylation sites is 7. The number of benzene rings is 12. The molecule has 0 unspecified atom stereocenters. The van der Waals surface area contributed by atoms with Gasteiger partial charge in [0.1, 0.15) is 11.5 Å². The van der Waals surface area contributed by atoms with E-state index in [9.17, 15) is 0 Å². The van der Waals surface area contributed by atoms with Crippen molar-refractivity contribution in [1.29, 1.82) is 0 Å². The summed E-state index contributed by atoms with van der Waals surface area (Å²) in [6, 6.07) is 100. The van der Waals surface area contributed by atoms with Crippen molar-refractivity contribution in [3.8, 4) is 50.8 Å². The van der Waals surface area contributed by atoms with E-state index in [4.69, 9.17) is 4.74 Å². The molecule has 0 spiro atoms. The van der Waals surface area contributed by atoms with Crippen molar-refractivity contribution in [1.82, 2.24) is 13.7 Å². The quantitative estimate of drug-likeness (QED) is 0.155. The van der Waals surface area contributed by atoms with Gasteiger partial charge in [-0.1, -0.05) is 188 Å². The molecule has 17 rings (SSSR count). The Morgan fingerprint density at radius 1 is 0.282 bits per heavy atom. The number of nitrogens with zero attached hydrogens (tertiary/aromatic N) is 4. The van der Waals surface area contributed by atoms with Gasteiger partial charge >= 0.3 is 0 Å². The highest BCUT2D eigenvalue weighted by molar-refractivity contribution is 6.99. The van der Waals surface area contributed by atoms with Crippen LogP contribution in [0.4, 0.5) is 17.1 Å². The van der Waals surface area contributed by atoms with Crippen LogP contribution in [0.25, 0.3) is 105 Å². The fraction of sp³-hybridized carbons (Fsp3) is 0. The highest BCUT2D eigenvalue weighted by Crippen LogP contribution is 2.50. The zero-order valence-corrected chi connectivity index (χ0v) is 42.3. The molecule has 0 fully saturated rings. The van der Waals surface area contributed by atoms with E-state index in [-0.39, 0.29) is 6.71 Å². The lowest BCUT2D eigenvalue weighted by atomic mass is 9.34. The van der Waals surface area contributed by atoms with Gasteiger partial charge in [-0.15, -0.1) is 0 Å². The molecule has 0 aliphatic carbocycles. The maximum absolute atomic E-state index is 7.27. The van der Waals surface area contributed by atoms with Crippen LogP contribution in [0.3, 0.4) is 0 Å². The number of fused-ring (bicyclic) bond motifs is 13. The van der Waals surface area contributed by atoms with Crippen LogP contribution in [0.1, 0.15) is 0 Å². The molecule has 6 heteroatoms. The molecule has 0 amide bonds. The second-order valence-electron chi connectivity index (χ2n) is 20.8. The number of hydrogen-bond donors (Lipinski definition) is 0. The molecule has 362 valence electrons. The molecule has 2 aliphatic heterocycles. The van der Waals surface area contributed by atoms with Crippen LogP contribution in [0.2, 0.25) is 0 Å². The molecule has 0 saturated carbocycles. The molecule has 0 N–H and O–H groups in total. The summed E-state index contributed by atoms with van der Waals surface area (Å²) in [5.41, 5.74) is 21.7. The number of aromatic nitrogens is 3. The molecule has 15 aromatic rings. The summed E-state index contributed by atoms with van der Waals surface area (Å²) in [6.45, 7) is -0.0637. The van der Waals surface area contributed by atoms with Gasteiger partial charge in [-0.2, -0.15) is 0 Å². The molecular formula is C72H45BN4O. The van der Waals surface area contributed by atoms with Crippen molar-refractivity contribution >= 4 is 106 Å². The van der Waals surface area contributed by atoms with Crippen molar-refractivity contribution in [2.45, 2.75) is 0 Å². The Morgan fingerprint density at radius 3 is 1.26 bits per heavy atom. The van der Waals surface area contributed by atoms with E-state index in [1.807, 2.05) is 0 Å². The van der Waals surface area contributed by atoms with Crippen LogP contribution in [-0.2, 0) is 0 Å². The Balaban J connectivity index is 0.978. The van der Waals surface area contributed by atoms with E-state index < -0.39 is 0 Å². The number of anilines is 3. The minimum absolute atomic E-state index is 0.0637. The van der Waals surface area contributed by atoms with Crippen molar-refractivity contribution < 1.29 is 4.74 Å². The van der Waals surface area contributed by atoms with E-state index >= 15 is 0 Å². The summed E-state index contributed by atoms with van der Waals surface area (Å²) >= 11 is 0. The van der Waals surface area contributed by atoms with Gasteiger partial charge in [-0.05, 0) is 106 Å². The Labute approximate surface area is 450 Å². The van der Waals surface area contributed by atoms with Gasteiger partial charge in [-0.3, -0.25) is 0 Å². The largest absolute Gasteiger partial charge is 0.458 e. The van der Waals surface area contributed by atoms with Crippen molar-refractivity contribution in [2.75, 3.05) is 4.90 Å². The molecule has 2 aliphatic rings. The van der Waals surface area contributed by atoms with Crippen LogP contribution < -0.4 is 26.0 Å². The number of ether oxygens (including phenoxy) is 1. The van der Waals surface area contributed by atoms with Crippen molar-refractivity contribution in [3.63, 3.8) is 0 Å².